The van der Waals surface area contributed by atoms with Crippen molar-refractivity contribution in [2.45, 2.75) is 12.5 Å². The van der Waals surface area contributed by atoms with E-state index in [2.05, 4.69) is 25.9 Å². The Morgan fingerprint density at radius 2 is 2.42 bits per heavy atom. The molecule has 0 spiro atoms. The summed E-state index contributed by atoms with van der Waals surface area (Å²) in [5.41, 5.74) is 7.03. The van der Waals surface area contributed by atoms with Gasteiger partial charge in [0.15, 0.2) is 0 Å². The van der Waals surface area contributed by atoms with E-state index in [0.29, 0.717) is 23.1 Å². The van der Waals surface area contributed by atoms with Crippen LogP contribution < -0.4 is 10.6 Å². The zero-order valence-corrected chi connectivity index (χ0v) is 11.6. The van der Waals surface area contributed by atoms with Crippen molar-refractivity contribution < 1.29 is 9.90 Å². The highest BCUT2D eigenvalue weighted by molar-refractivity contribution is 9.10. The van der Waals surface area contributed by atoms with Gasteiger partial charge in [-0.1, -0.05) is 0 Å². The number of primary amides is 1. The lowest BCUT2D eigenvalue weighted by atomic mass is 10.2. The molecule has 3 rings (SSSR count). The third-order valence-corrected chi connectivity index (χ3v) is 4.08. The summed E-state index contributed by atoms with van der Waals surface area (Å²) in [6, 6.07) is 1.90. The highest BCUT2D eigenvalue weighted by Crippen LogP contribution is 2.37. The summed E-state index contributed by atoms with van der Waals surface area (Å²) in [6.07, 6.45) is 2.14. The molecule has 0 aliphatic carbocycles. The van der Waals surface area contributed by atoms with Gasteiger partial charge in [0.1, 0.15) is 11.3 Å². The maximum atomic E-state index is 11.5. The monoisotopic (exact) mass is 324 g/mol. The molecule has 0 unspecified atom stereocenters. The van der Waals surface area contributed by atoms with Gasteiger partial charge in [0.05, 0.1) is 16.3 Å². The number of nitrogens with zero attached hydrogens (tertiary/aromatic N) is 2. The zero-order valence-electron chi connectivity index (χ0n) is 10.1. The molecule has 100 valence electrons. The van der Waals surface area contributed by atoms with Gasteiger partial charge >= 0.3 is 0 Å². The highest BCUT2D eigenvalue weighted by atomic mass is 79.9. The second-order valence-corrected chi connectivity index (χ2v) is 5.41. The van der Waals surface area contributed by atoms with Crippen LogP contribution in [-0.4, -0.2) is 40.2 Å². The number of anilines is 1. The number of fused-ring (bicyclic) bond motifs is 1. The van der Waals surface area contributed by atoms with Gasteiger partial charge in [-0.2, -0.15) is 0 Å². The van der Waals surface area contributed by atoms with Crippen molar-refractivity contribution in [1.82, 2.24) is 9.97 Å². The van der Waals surface area contributed by atoms with E-state index in [4.69, 9.17) is 5.73 Å². The van der Waals surface area contributed by atoms with Crippen molar-refractivity contribution in [1.29, 1.82) is 0 Å². The van der Waals surface area contributed by atoms with Crippen LogP contribution in [0.5, 0.6) is 0 Å². The minimum absolute atomic E-state index is 0.200. The fourth-order valence-corrected chi connectivity index (χ4v) is 3.20. The molecule has 1 aliphatic heterocycles. The Kier molecular flexibility index (Phi) is 2.94. The molecule has 1 saturated heterocycles. The number of hydrogen-bond acceptors (Lipinski definition) is 4. The number of carbonyl (C=O) groups is 1. The first-order valence-electron chi connectivity index (χ1n) is 5.97. The summed E-state index contributed by atoms with van der Waals surface area (Å²) >= 11 is 3.42. The van der Waals surface area contributed by atoms with Gasteiger partial charge < -0.3 is 20.7 Å². The molecule has 7 heteroatoms. The van der Waals surface area contributed by atoms with Crippen molar-refractivity contribution >= 4 is 38.6 Å². The van der Waals surface area contributed by atoms with Crippen LogP contribution in [0.15, 0.2) is 16.7 Å². The van der Waals surface area contributed by atoms with Crippen molar-refractivity contribution in [2.75, 3.05) is 18.0 Å². The van der Waals surface area contributed by atoms with Crippen LogP contribution in [0.2, 0.25) is 0 Å². The van der Waals surface area contributed by atoms with E-state index < -0.39 is 5.91 Å². The fraction of sp³-hybridized carbons (Fsp3) is 0.333. The number of amides is 1. The van der Waals surface area contributed by atoms with E-state index in [1.54, 1.807) is 6.20 Å². The number of nitrogens with one attached hydrogen (secondary N) is 1. The molecule has 0 aromatic carbocycles. The Balaban J connectivity index is 2.23. The number of H-pyrrole nitrogens is 1. The average Bonchev–Trinajstić information content (AvgIpc) is 2.96. The Hall–Kier alpha value is -1.60. The van der Waals surface area contributed by atoms with Gasteiger partial charge in [0.2, 0.25) is 0 Å². The lowest BCUT2D eigenvalue weighted by Crippen LogP contribution is -2.23. The Morgan fingerprint density at radius 1 is 1.63 bits per heavy atom. The van der Waals surface area contributed by atoms with Crippen LogP contribution in [0, 0.1) is 0 Å². The quantitative estimate of drug-likeness (QED) is 0.767. The van der Waals surface area contributed by atoms with Gasteiger partial charge in [-0.25, -0.2) is 4.98 Å². The SMILES string of the molecule is NC(=O)c1nc2[nH]ccc2c(N2CC[C@@H](O)C2)c1Br. The molecule has 1 fully saturated rings. The molecule has 2 aromatic heterocycles. The summed E-state index contributed by atoms with van der Waals surface area (Å²) < 4.78 is 0.584. The van der Waals surface area contributed by atoms with Gasteiger partial charge in [-0.3, -0.25) is 4.79 Å². The number of aliphatic hydroxyl groups is 1. The highest BCUT2D eigenvalue weighted by Gasteiger charge is 2.27. The predicted octanol–water partition coefficient (Wildman–Crippen LogP) is 0.995. The van der Waals surface area contributed by atoms with Crippen LogP contribution in [0.4, 0.5) is 5.69 Å². The van der Waals surface area contributed by atoms with Crippen molar-refractivity contribution in [2.24, 2.45) is 5.73 Å². The van der Waals surface area contributed by atoms with E-state index in [1.807, 2.05) is 11.0 Å². The van der Waals surface area contributed by atoms with Crippen molar-refractivity contribution in [3.63, 3.8) is 0 Å². The van der Waals surface area contributed by atoms with E-state index in [-0.39, 0.29) is 11.8 Å². The molecule has 2 aromatic rings. The summed E-state index contributed by atoms with van der Waals surface area (Å²) in [6.45, 7) is 1.28. The van der Waals surface area contributed by atoms with Gasteiger partial charge in [-0.05, 0) is 28.4 Å². The number of rotatable bonds is 2. The van der Waals surface area contributed by atoms with Crippen LogP contribution in [-0.2, 0) is 0 Å². The standard InChI is InChI=1S/C12H13BrN4O2/c13-8-9(11(14)19)16-12-7(1-3-15-12)10(8)17-4-2-6(18)5-17/h1,3,6,18H,2,4-5H2,(H2,14,19)(H,15,16)/t6-/m1/s1. The molecule has 0 radical (unpaired) electrons. The fourth-order valence-electron chi connectivity index (χ4n) is 2.45. The third-order valence-electron chi connectivity index (χ3n) is 3.33. The summed E-state index contributed by atoms with van der Waals surface area (Å²) in [5.74, 6) is -0.579. The molecular formula is C12H13BrN4O2. The Bertz CT molecular complexity index is 654. The Morgan fingerprint density at radius 3 is 3.05 bits per heavy atom. The number of nitrogens with two attached hydrogens (primary N) is 1. The van der Waals surface area contributed by atoms with Gasteiger partial charge in [-0.15, -0.1) is 0 Å². The molecule has 4 N–H and O–H groups in total. The molecule has 3 heterocycles. The van der Waals surface area contributed by atoms with E-state index >= 15 is 0 Å². The lowest BCUT2D eigenvalue weighted by molar-refractivity contribution is 0.0995. The Labute approximate surface area is 117 Å². The smallest absolute Gasteiger partial charge is 0.268 e. The number of carbonyl (C=O) groups excluding carboxylic acids is 1. The van der Waals surface area contributed by atoms with Gasteiger partial charge in [0.25, 0.3) is 5.91 Å². The molecular weight excluding hydrogens is 312 g/mol. The van der Waals surface area contributed by atoms with E-state index in [0.717, 1.165) is 17.6 Å². The summed E-state index contributed by atoms with van der Waals surface area (Å²) in [7, 11) is 0. The molecule has 0 saturated carbocycles. The first-order valence-corrected chi connectivity index (χ1v) is 6.76. The number of aromatic amines is 1. The number of aliphatic hydroxyl groups excluding tert-OH is 1. The number of aromatic nitrogens is 2. The van der Waals surface area contributed by atoms with Crippen LogP contribution in [0.3, 0.4) is 0 Å². The van der Waals surface area contributed by atoms with E-state index in [9.17, 15) is 9.90 Å². The number of halogens is 1. The molecule has 19 heavy (non-hydrogen) atoms. The number of β-amino-alcohol motifs (C(OH)–C–C–N with tert-alkyl or cyclic N) is 1. The minimum Gasteiger partial charge on any atom is -0.391 e. The number of hydrogen-bond donors (Lipinski definition) is 3. The maximum absolute atomic E-state index is 11.5. The third kappa shape index (κ3) is 1.98. The zero-order chi connectivity index (χ0) is 13.6. The molecule has 1 aliphatic rings. The van der Waals surface area contributed by atoms with Crippen LogP contribution >= 0.6 is 15.9 Å². The normalized spacial score (nSPS) is 19.3. The topological polar surface area (TPSA) is 95.2 Å². The van der Waals surface area contributed by atoms with Gasteiger partial charge in [0, 0.05) is 24.7 Å². The molecule has 6 nitrogen and oxygen atoms in total. The first-order chi connectivity index (χ1) is 9.08. The van der Waals surface area contributed by atoms with Crippen LogP contribution in [0.1, 0.15) is 16.9 Å². The lowest BCUT2D eigenvalue weighted by Gasteiger charge is -2.21. The number of pyridine rings is 1. The summed E-state index contributed by atoms with van der Waals surface area (Å²) in [4.78, 5) is 20.7. The van der Waals surface area contributed by atoms with Crippen molar-refractivity contribution in [3.05, 3.63) is 22.4 Å². The predicted molar refractivity (Wildman–Crippen MR) is 75.1 cm³/mol. The largest absolute Gasteiger partial charge is 0.391 e. The second kappa shape index (κ2) is 4.50. The molecule has 1 amide bonds. The maximum Gasteiger partial charge on any atom is 0.268 e. The molecule has 1 atom stereocenters. The van der Waals surface area contributed by atoms with E-state index in [1.165, 1.54) is 0 Å². The van der Waals surface area contributed by atoms with Crippen molar-refractivity contribution in [3.8, 4) is 0 Å². The second-order valence-electron chi connectivity index (χ2n) is 4.62. The molecule has 0 bridgehead atoms. The average molecular weight is 325 g/mol. The minimum atomic E-state index is -0.579. The first kappa shape index (κ1) is 12.4. The summed E-state index contributed by atoms with van der Waals surface area (Å²) in [5, 5.41) is 10.6. The van der Waals surface area contributed by atoms with Crippen LogP contribution in [0.25, 0.3) is 11.0 Å².